The lowest BCUT2D eigenvalue weighted by molar-refractivity contribution is 0.484. The van der Waals surface area contributed by atoms with Gasteiger partial charge in [0.15, 0.2) is 0 Å². The van der Waals surface area contributed by atoms with Gasteiger partial charge in [-0.15, -0.1) is 0 Å². The van der Waals surface area contributed by atoms with Gasteiger partial charge in [0.1, 0.15) is 11.5 Å². The number of ether oxygens (including phenoxy) is 1. The highest BCUT2D eigenvalue weighted by atomic mass is 16.5. The SMILES string of the molecule is Cc1ccc(Oc2ccc(C#N)c3ccccc23)c(C)c1. The summed E-state index contributed by atoms with van der Waals surface area (Å²) in [7, 11) is 0. The summed E-state index contributed by atoms with van der Waals surface area (Å²) >= 11 is 0. The largest absolute Gasteiger partial charge is 0.456 e. The molecule has 0 spiro atoms. The minimum Gasteiger partial charge on any atom is -0.456 e. The Kier molecular flexibility index (Phi) is 3.33. The quantitative estimate of drug-likeness (QED) is 0.649. The molecule has 21 heavy (non-hydrogen) atoms. The Morgan fingerprint density at radius 3 is 2.29 bits per heavy atom. The molecule has 2 heteroatoms. The molecule has 0 heterocycles. The first-order chi connectivity index (χ1) is 10.2. The molecular formula is C19H15NO. The highest BCUT2D eigenvalue weighted by Gasteiger charge is 2.08. The lowest BCUT2D eigenvalue weighted by Crippen LogP contribution is -1.90. The van der Waals surface area contributed by atoms with Crippen LogP contribution in [0.5, 0.6) is 11.5 Å². The summed E-state index contributed by atoms with van der Waals surface area (Å²) in [5.41, 5.74) is 2.98. The zero-order valence-electron chi connectivity index (χ0n) is 12.1. The number of hydrogen-bond donors (Lipinski definition) is 0. The highest BCUT2D eigenvalue weighted by Crippen LogP contribution is 2.33. The number of rotatable bonds is 2. The Bertz CT molecular complexity index is 859. The lowest BCUT2D eigenvalue weighted by atomic mass is 10.0. The van der Waals surface area contributed by atoms with Crippen LogP contribution < -0.4 is 4.74 Å². The summed E-state index contributed by atoms with van der Waals surface area (Å²) in [5.74, 6) is 1.62. The summed E-state index contributed by atoms with van der Waals surface area (Å²) in [4.78, 5) is 0. The third kappa shape index (κ3) is 2.46. The van der Waals surface area contributed by atoms with Crippen molar-refractivity contribution >= 4 is 10.8 Å². The van der Waals surface area contributed by atoms with Gasteiger partial charge in [0.25, 0.3) is 0 Å². The summed E-state index contributed by atoms with van der Waals surface area (Å²) in [6.45, 7) is 4.10. The molecule has 0 aliphatic heterocycles. The van der Waals surface area contributed by atoms with E-state index in [0.717, 1.165) is 27.8 Å². The molecule has 2 nitrogen and oxygen atoms in total. The van der Waals surface area contributed by atoms with Crippen molar-refractivity contribution in [1.29, 1.82) is 5.26 Å². The van der Waals surface area contributed by atoms with Crippen LogP contribution in [-0.2, 0) is 0 Å². The van der Waals surface area contributed by atoms with E-state index < -0.39 is 0 Å². The van der Waals surface area contributed by atoms with Gasteiger partial charge in [0.2, 0.25) is 0 Å². The van der Waals surface area contributed by atoms with Crippen molar-refractivity contribution in [2.24, 2.45) is 0 Å². The third-order valence-electron chi connectivity index (χ3n) is 3.55. The molecule has 0 aliphatic rings. The van der Waals surface area contributed by atoms with E-state index in [4.69, 9.17) is 4.74 Å². The van der Waals surface area contributed by atoms with Crippen LogP contribution in [0.1, 0.15) is 16.7 Å². The molecule has 0 atom stereocenters. The van der Waals surface area contributed by atoms with Crippen molar-refractivity contribution in [1.82, 2.24) is 0 Å². The molecule has 0 radical (unpaired) electrons. The van der Waals surface area contributed by atoms with Crippen LogP contribution >= 0.6 is 0 Å². The number of fused-ring (bicyclic) bond motifs is 1. The van der Waals surface area contributed by atoms with Crippen molar-refractivity contribution in [3.8, 4) is 17.6 Å². The first kappa shape index (κ1) is 13.2. The van der Waals surface area contributed by atoms with E-state index in [1.165, 1.54) is 5.56 Å². The van der Waals surface area contributed by atoms with E-state index in [1.807, 2.05) is 49.4 Å². The molecule has 0 saturated carbocycles. The fourth-order valence-corrected chi connectivity index (χ4v) is 2.49. The fraction of sp³-hybridized carbons (Fsp3) is 0.105. The van der Waals surface area contributed by atoms with Crippen LogP contribution in [-0.4, -0.2) is 0 Å². The topological polar surface area (TPSA) is 33.0 Å². The molecule has 0 N–H and O–H groups in total. The maximum atomic E-state index is 9.20. The molecule has 0 fully saturated rings. The second-order valence-electron chi connectivity index (χ2n) is 5.14. The van der Waals surface area contributed by atoms with Crippen molar-refractivity contribution in [3.63, 3.8) is 0 Å². The number of nitrogens with zero attached hydrogens (tertiary/aromatic N) is 1. The Morgan fingerprint density at radius 1 is 0.857 bits per heavy atom. The Hall–Kier alpha value is -2.79. The van der Waals surface area contributed by atoms with Gasteiger partial charge in [0, 0.05) is 10.8 Å². The first-order valence-electron chi connectivity index (χ1n) is 6.86. The summed E-state index contributed by atoms with van der Waals surface area (Å²) < 4.78 is 6.07. The summed E-state index contributed by atoms with van der Waals surface area (Å²) in [6.07, 6.45) is 0. The van der Waals surface area contributed by atoms with Gasteiger partial charge in [-0.2, -0.15) is 5.26 Å². The molecule has 0 aromatic heterocycles. The summed E-state index contributed by atoms with van der Waals surface area (Å²) in [5, 5.41) is 11.1. The third-order valence-corrected chi connectivity index (χ3v) is 3.55. The predicted octanol–water partition coefficient (Wildman–Crippen LogP) is 5.12. The van der Waals surface area contributed by atoms with Gasteiger partial charge in [-0.1, -0.05) is 42.0 Å². The van der Waals surface area contributed by atoms with Gasteiger partial charge in [-0.05, 0) is 37.6 Å². The van der Waals surface area contributed by atoms with E-state index >= 15 is 0 Å². The minimum absolute atomic E-state index is 0.665. The smallest absolute Gasteiger partial charge is 0.135 e. The standard InChI is InChI=1S/C19H15NO/c1-13-7-9-18(14(2)11-13)21-19-10-8-15(12-20)16-5-3-4-6-17(16)19/h3-11H,1-2H3. The van der Waals surface area contributed by atoms with Gasteiger partial charge in [0.05, 0.1) is 11.6 Å². The normalized spacial score (nSPS) is 10.3. The molecule has 3 aromatic rings. The maximum absolute atomic E-state index is 9.20. The Morgan fingerprint density at radius 2 is 1.57 bits per heavy atom. The molecular weight excluding hydrogens is 258 g/mol. The molecule has 0 saturated heterocycles. The maximum Gasteiger partial charge on any atom is 0.135 e. The number of aryl methyl sites for hydroxylation is 2. The van der Waals surface area contributed by atoms with Crippen LogP contribution in [0.15, 0.2) is 54.6 Å². The Balaban J connectivity index is 2.12. The second-order valence-corrected chi connectivity index (χ2v) is 5.14. The van der Waals surface area contributed by atoms with Crippen LogP contribution in [0.3, 0.4) is 0 Å². The number of benzene rings is 3. The predicted molar refractivity (Wildman–Crippen MR) is 84.7 cm³/mol. The lowest BCUT2D eigenvalue weighted by Gasteiger charge is -2.12. The van der Waals surface area contributed by atoms with E-state index in [-0.39, 0.29) is 0 Å². The molecule has 3 rings (SSSR count). The summed E-state index contributed by atoms with van der Waals surface area (Å²) in [6, 6.07) is 19.8. The van der Waals surface area contributed by atoms with Gasteiger partial charge in [-0.3, -0.25) is 0 Å². The monoisotopic (exact) mass is 273 g/mol. The van der Waals surface area contributed by atoms with Crippen molar-refractivity contribution in [2.45, 2.75) is 13.8 Å². The van der Waals surface area contributed by atoms with Gasteiger partial charge in [-0.25, -0.2) is 0 Å². The number of nitriles is 1. The average molecular weight is 273 g/mol. The molecule has 0 unspecified atom stereocenters. The Labute approximate surface area is 124 Å². The van der Waals surface area contributed by atoms with Crippen LogP contribution in [0.4, 0.5) is 0 Å². The van der Waals surface area contributed by atoms with E-state index in [9.17, 15) is 5.26 Å². The first-order valence-corrected chi connectivity index (χ1v) is 6.86. The second kappa shape index (κ2) is 5.30. The zero-order valence-corrected chi connectivity index (χ0v) is 12.1. The van der Waals surface area contributed by atoms with E-state index in [2.05, 4.69) is 19.1 Å². The van der Waals surface area contributed by atoms with Gasteiger partial charge >= 0.3 is 0 Å². The average Bonchev–Trinajstić information content (AvgIpc) is 2.50. The van der Waals surface area contributed by atoms with Crippen LogP contribution in [0.2, 0.25) is 0 Å². The molecule has 0 bridgehead atoms. The zero-order chi connectivity index (χ0) is 14.8. The van der Waals surface area contributed by atoms with E-state index in [0.29, 0.717) is 5.56 Å². The van der Waals surface area contributed by atoms with Crippen molar-refractivity contribution < 1.29 is 4.74 Å². The van der Waals surface area contributed by atoms with Gasteiger partial charge < -0.3 is 4.74 Å². The number of hydrogen-bond acceptors (Lipinski definition) is 2. The van der Waals surface area contributed by atoms with Crippen molar-refractivity contribution in [3.05, 3.63) is 71.3 Å². The minimum atomic E-state index is 0.665. The molecule has 3 aromatic carbocycles. The molecule has 0 amide bonds. The van der Waals surface area contributed by atoms with Crippen molar-refractivity contribution in [2.75, 3.05) is 0 Å². The van der Waals surface area contributed by atoms with Crippen LogP contribution in [0.25, 0.3) is 10.8 Å². The van der Waals surface area contributed by atoms with E-state index in [1.54, 1.807) is 6.07 Å². The van der Waals surface area contributed by atoms with Crippen LogP contribution in [0, 0.1) is 25.2 Å². The molecule has 0 aliphatic carbocycles. The fourth-order valence-electron chi connectivity index (χ4n) is 2.49. The molecule has 102 valence electrons. The highest BCUT2D eigenvalue weighted by molar-refractivity contribution is 5.92.